The standard InChI is InChI=1S/C18H29N3OS/c1-4-14(2)20-10-5-7-18(9-11-20)8-6-17(22)21(18)12-16-13-23-15(3)19-16/h13-14H,4-12H2,1-3H3/t14-,18-/m0/s1. The van der Waals surface area contributed by atoms with Crippen LogP contribution in [0.1, 0.15) is 63.1 Å². The van der Waals surface area contributed by atoms with E-state index in [1.54, 1.807) is 11.3 Å². The molecule has 0 N–H and O–H groups in total. The van der Waals surface area contributed by atoms with Crippen molar-refractivity contribution in [1.82, 2.24) is 14.8 Å². The summed E-state index contributed by atoms with van der Waals surface area (Å²) in [4.78, 5) is 21.9. The minimum Gasteiger partial charge on any atom is -0.331 e. The van der Waals surface area contributed by atoms with Crippen molar-refractivity contribution in [3.63, 3.8) is 0 Å². The van der Waals surface area contributed by atoms with Crippen molar-refractivity contribution >= 4 is 17.2 Å². The number of aryl methyl sites for hydroxylation is 1. The first-order valence-electron chi connectivity index (χ1n) is 8.99. The minimum atomic E-state index is 0.0802. The number of amides is 1. The van der Waals surface area contributed by atoms with Gasteiger partial charge in [0.1, 0.15) is 0 Å². The SMILES string of the molecule is CC[C@H](C)N1CCC[C@]2(CCC(=O)N2Cc2csc(C)n2)CC1. The van der Waals surface area contributed by atoms with E-state index in [1.165, 1.54) is 19.4 Å². The van der Waals surface area contributed by atoms with Gasteiger partial charge in [-0.15, -0.1) is 11.3 Å². The van der Waals surface area contributed by atoms with Crippen LogP contribution in [0.15, 0.2) is 5.38 Å². The van der Waals surface area contributed by atoms with E-state index in [9.17, 15) is 4.79 Å². The maximum atomic E-state index is 12.5. The van der Waals surface area contributed by atoms with Crippen LogP contribution in [0.5, 0.6) is 0 Å². The fourth-order valence-electron chi connectivity index (χ4n) is 4.19. The second-order valence-electron chi connectivity index (χ2n) is 7.21. The highest BCUT2D eigenvalue weighted by Gasteiger charge is 2.45. The Labute approximate surface area is 143 Å². The quantitative estimate of drug-likeness (QED) is 0.843. The highest BCUT2D eigenvalue weighted by molar-refractivity contribution is 7.09. The lowest BCUT2D eigenvalue weighted by Crippen LogP contribution is -2.46. The van der Waals surface area contributed by atoms with Gasteiger partial charge in [0.15, 0.2) is 0 Å². The lowest BCUT2D eigenvalue weighted by molar-refractivity contribution is -0.132. The van der Waals surface area contributed by atoms with Gasteiger partial charge in [0.05, 0.1) is 17.2 Å². The molecule has 1 amide bonds. The maximum absolute atomic E-state index is 12.5. The number of likely N-dealkylation sites (tertiary alicyclic amines) is 2. The summed E-state index contributed by atoms with van der Waals surface area (Å²) >= 11 is 1.68. The Morgan fingerprint density at radius 3 is 2.87 bits per heavy atom. The molecular weight excluding hydrogens is 306 g/mol. The van der Waals surface area contributed by atoms with Gasteiger partial charge < -0.3 is 9.80 Å². The largest absolute Gasteiger partial charge is 0.331 e. The number of carbonyl (C=O) groups excluding carboxylic acids is 1. The van der Waals surface area contributed by atoms with Crippen LogP contribution in [0, 0.1) is 6.92 Å². The van der Waals surface area contributed by atoms with E-state index in [2.05, 4.69) is 34.0 Å². The van der Waals surface area contributed by atoms with E-state index < -0.39 is 0 Å². The van der Waals surface area contributed by atoms with Gasteiger partial charge in [-0.2, -0.15) is 0 Å². The smallest absolute Gasteiger partial charge is 0.223 e. The van der Waals surface area contributed by atoms with E-state index in [4.69, 9.17) is 0 Å². The predicted molar refractivity (Wildman–Crippen MR) is 94.5 cm³/mol. The number of rotatable bonds is 4. The second kappa shape index (κ2) is 6.89. The van der Waals surface area contributed by atoms with Crippen molar-refractivity contribution in [2.45, 2.75) is 77.4 Å². The normalized spacial score (nSPS) is 27.6. The van der Waals surface area contributed by atoms with Crippen molar-refractivity contribution < 1.29 is 4.79 Å². The van der Waals surface area contributed by atoms with Gasteiger partial charge in [0.25, 0.3) is 0 Å². The Morgan fingerprint density at radius 1 is 1.35 bits per heavy atom. The summed E-state index contributed by atoms with van der Waals surface area (Å²) in [5.41, 5.74) is 1.14. The zero-order chi connectivity index (χ0) is 16.4. The Bertz CT molecular complexity index is 558. The Balaban J connectivity index is 1.75. The van der Waals surface area contributed by atoms with Crippen LogP contribution in [0.2, 0.25) is 0 Å². The summed E-state index contributed by atoms with van der Waals surface area (Å²) in [6.45, 7) is 9.62. The molecule has 4 nitrogen and oxygen atoms in total. The van der Waals surface area contributed by atoms with Crippen LogP contribution in [-0.2, 0) is 11.3 Å². The van der Waals surface area contributed by atoms with Gasteiger partial charge in [-0.25, -0.2) is 4.98 Å². The van der Waals surface area contributed by atoms with Gasteiger partial charge in [-0.3, -0.25) is 4.79 Å². The number of carbonyl (C=O) groups is 1. The Kier molecular flexibility index (Phi) is 5.07. The molecular formula is C18H29N3OS. The highest BCUT2D eigenvalue weighted by atomic mass is 32.1. The second-order valence-corrected chi connectivity index (χ2v) is 8.27. The summed E-state index contributed by atoms with van der Waals surface area (Å²) < 4.78 is 0. The van der Waals surface area contributed by atoms with Crippen LogP contribution in [0.25, 0.3) is 0 Å². The summed E-state index contributed by atoms with van der Waals surface area (Å²) in [7, 11) is 0. The molecule has 1 spiro atoms. The van der Waals surface area contributed by atoms with Crippen LogP contribution < -0.4 is 0 Å². The van der Waals surface area contributed by atoms with Crippen molar-refractivity contribution in [2.24, 2.45) is 0 Å². The first-order chi connectivity index (χ1) is 11.0. The molecule has 2 atom stereocenters. The molecule has 3 heterocycles. The minimum absolute atomic E-state index is 0.0802. The molecule has 0 aromatic carbocycles. The summed E-state index contributed by atoms with van der Waals surface area (Å²) in [5, 5.41) is 3.20. The van der Waals surface area contributed by atoms with Crippen LogP contribution in [-0.4, -0.2) is 45.4 Å². The molecule has 0 unspecified atom stereocenters. The maximum Gasteiger partial charge on any atom is 0.223 e. The van der Waals surface area contributed by atoms with E-state index in [0.717, 1.165) is 36.5 Å². The van der Waals surface area contributed by atoms with E-state index in [1.807, 2.05) is 6.92 Å². The summed E-state index contributed by atoms with van der Waals surface area (Å²) in [6.07, 6.45) is 6.41. The van der Waals surface area contributed by atoms with Crippen molar-refractivity contribution in [1.29, 1.82) is 0 Å². The number of thiazole rings is 1. The van der Waals surface area contributed by atoms with Crippen LogP contribution in [0.4, 0.5) is 0 Å². The third kappa shape index (κ3) is 3.45. The third-order valence-electron chi connectivity index (χ3n) is 5.83. The molecule has 1 aromatic heterocycles. The lowest BCUT2D eigenvalue weighted by atomic mass is 9.87. The average Bonchev–Trinajstić information content (AvgIpc) is 2.99. The number of hydrogen-bond donors (Lipinski definition) is 0. The molecule has 0 saturated carbocycles. The fourth-order valence-corrected chi connectivity index (χ4v) is 4.80. The topological polar surface area (TPSA) is 36.4 Å². The Morgan fingerprint density at radius 2 is 2.17 bits per heavy atom. The fraction of sp³-hybridized carbons (Fsp3) is 0.778. The molecule has 5 heteroatoms. The monoisotopic (exact) mass is 335 g/mol. The van der Waals surface area contributed by atoms with Crippen molar-refractivity contribution in [3.8, 4) is 0 Å². The Hall–Kier alpha value is -0.940. The molecule has 0 radical (unpaired) electrons. The first-order valence-corrected chi connectivity index (χ1v) is 9.87. The third-order valence-corrected chi connectivity index (χ3v) is 6.65. The van der Waals surface area contributed by atoms with Crippen LogP contribution in [0.3, 0.4) is 0 Å². The van der Waals surface area contributed by atoms with E-state index >= 15 is 0 Å². The molecule has 3 rings (SSSR count). The number of aromatic nitrogens is 1. The van der Waals surface area contributed by atoms with E-state index in [-0.39, 0.29) is 5.54 Å². The van der Waals surface area contributed by atoms with Gasteiger partial charge in [-0.1, -0.05) is 6.92 Å². The van der Waals surface area contributed by atoms with Gasteiger partial charge in [-0.05, 0) is 52.5 Å². The lowest BCUT2D eigenvalue weighted by Gasteiger charge is -2.38. The van der Waals surface area contributed by atoms with E-state index in [0.29, 0.717) is 24.9 Å². The predicted octanol–water partition coefficient (Wildman–Crippen LogP) is 3.60. The van der Waals surface area contributed by atoms with Crippen molar-refractivity contribution in [2.75, 3.05) is 13.1 Å². The molecule has 2 fully saturated rings. The van der Waals surface area contributed by atoms with Crippen molar-refractivity contribution in [3.05, 3.63) is 16.1 Å². The number of nitrogens with zero attached hydrogens (tertiary/aromatic N) is 3. The van der Waals surface area contributed by atoms with Crippen LogP contribution >= 0.6 is 11.3 Å². The molecule has 0 bridgehead atoms. The molecule has 23 heavy (non-hydrogen) atoms. The zero-order valence-electron chi connectivity index (χ0n) is 14.7. The average molecular weight is 336 g/mol. The summed E-state index contributed by atoms with van der Waals surface area (Å²) in [6, 6.07) is 0.650. The molecule has 0 aliphatic carbocycles. The molecule has 1 aromatic rings. The highest BCUT2D eigenvalue weighted by Crippen LogP contribution is 2.40. The zero-order valence-corrected chi connectivity index (χ0v) is 15.5. The summed E-state index contributed by atoms with van der Waals surface area (Å²) in [5.74, 6) is 0.327. The molecule has 2 aliphatic heterocycles. The first kappa shape index (κ1) is 16.9. The van der Waals surface area contributed by atoms with Gasteiger partial charge >= 0.3 is 0 Å². The van der Waals surface area contributed by atoms with Gasteiger partial charge in [0.2, 0.25) is 5.91 Å². The van der Waals surface area contributed by atoms with Gasteiger partial charge in [0, 0.05) is 29.9 Å². The number of hydrogen-bond acceptors (Lipinski definition) is 4. The molecule has 2 aliphatic rings. The molecule has 2 saturated heterocycles. The molecule has 128 valence electrons.